The molecule has 0 amide bonds. The largest absolute Gasteiger partial charge is 0.229 e. The second-order valence-corrected chi connectivity index (χ2v) is 5.02. The van der Waals surface area contributed by atoms with E-state index >= 15 is 0 Å². The van der Waals surface area contributed by atoms with Crippen molar-refractivity contribution in [3.63, 3.8) is 0 Å². The van der Waals surface area contributed by atoms with Gasteiger partial charge in [-0.15, -0.1) is 0 Å². The lowest BCUT2D eigenvalue weighted by Gasteiger charge is -2.03. The van der Waals surface area contributed by atoms with Gasteiger partial charge in [0.05, 0.1) is 16.7 Å². The summed E-state index contributed by atoms with van der Waals surface area (Å²) in [6.45, 7) is 0. The van der Waals surface area contributed by atoms with Crippen LogP contribution in [0.3, 0.4) is 0 Å². The SMILES string of the molecule is N#Cc1cc(Cl)nc(Sc2ccccc2Cl)c1. The first-order valence-corrected chi connectivity index (χ1v) is 6.26. The highest BCUT2D eigenvalue weighted by Crippen LogP contribution is 2.32. The van der Waals surface area contributed by atoms with Crippen molar-refractivity contribution in [1.82, 2.24) is 4.98 Å². The third kappa shape index (κ3) is 3.13. The fraction of sp³-hybridized carbons (Fsp3) is 0. The van der Waals surface area contributed by atoms with Crippen LogP contribution in [0.1, 0.15) is 5.56 Å². The van der Waals surface area contributed by atoms with Gasteiger partial charge in [-0.1, -0.05) is 47.1 Å². The molecular formula is C12H6Cl2N2S. The molecule has 0 aliphatic carbocycles. The molecule has 0 spiro atoms. The van der Waals surface area contributed by atoms with Gasteiger partial charge in [0.2, 0.25) is 0 Å². The van der Waals surface area contributed by atoms with Gasteiger partial charge in [0, 0.05) is 4.90 Å². The molecule has 84 valence electrons. The summed E-state index contributed by atoms with van der Waals surface area (Å²) in [5.41, 5.74) is 0.486. The molecule has 0 atom stereocenters. The Labute approximate surface area is 113 Å². The minimum Gasteiger partial charge on any atom is -0.229 e. The lowest BCUT2D eigenvalue weighted by molar-refractivity contribution is 1.12. The molecule has 1 aromatic carbocycles. The predicted octanol–water partition coefficient (Wildman–Crippen LogP) is 4.41. The average molecular weight is 281 g/mol. The molecule has 0 aliphatic heterocycles. The minimum atomic E-state index is 0.304. The van der Waals surface area contributed by atoms with E-state index in [4.69, 9.17) is 28.5 Å². The maximum atomic E-state index is 8.84. The molecule has 0 unspecified atom stereocenters. The van der Waals surface area contributed by atoms with E-state index in [1.807, 2.05) is 24.3 Å². The molecule has 0 bridgehead atoms. The third-order valence-electron chi connectivity index (χ3n) is 1.95. The van der Waals surface area contributed by atoms with E-state index in [-0.39, 0.29) is 0 Å². The van der Waals surface area contributed by atoms with Crippen LogP contribution >= 0.6 is 35.0 Å². The van der Waals surface area contributed by atoms with Crippen molar-refractivity contribution in [3.05, 3.63) is 52.1 Å². The summed E-state index contributed by atoms with van der Waals surface area (Å²) in [5.74, 6) is 0. The van der Waals surface area contributed by atoms with Crippen molar-refractivity contribution in [2.45, 2.75) is 9.92 Å². The van der Waals surface area contributed by atoms with E-state index < -0.39 is 0 Å². The molecule has 5 heteroatoms. The predicted molar refractivity (Wildman–Crippen MR) is 69.5 cm³/mol. The summed E-state index contributed by atoms with van der Waals surface area (Å²) in [6, 6.07) is 12.7. The number of rotatable bonds is 2. The van der Waals surface area contributed by atoms with E-state index in [9.17, 15) is 0 Å². The molecule has 17 heavy (non-hydrogen) atoms. The zero-order valence-electron chi connectivity index (χ0n) is 8.52. The van der Waals surface area contributed by atoms with Crippen molar-refractivity contribution in [3.8, 4) is 6.07 Å². The Hall–Kier alpha value is -1.21. The fourth-order valence-corrected chi connectivity index (χ4v) is 2.61. The molecule has 2 aromatic rings. The fourth-order valence-electron chi connectivity index (χ4n) is 1.23. The molecule has 0 aliphatic rings. The van der Waals surface area contributed by atoms with Crippen molar-refractivity contribution in [1.29, 1.82) is 5.26 Å². The number of pyridine rings is 1. The molecule has 2 nitrogen and oxygen atoms in total. The first-order valence-electron chi connectivity index (χ1n) is 4.69. The Morgan fingerprint density at radius 2 is 1.94 bits per heavy atom. The Morgan fingerprint density at radius 3 is 2.65 bits per heavy atom. The van der Waals surface area contributed by atoms with Gasteiger partial charge in [0.1, 0.15) is 10.2 Å². The molecular weight excluding hydrogens is 275 g/mol. The van der Waals surface area contributed by atoms with E-state index in [2.05, 4.69) is 4.98 Å². The topological polar surface area (TPSA) is 36.7 Å². The van der Waals surface area contributed by atoms with E-state index in [1.165, 1.54) is 17.8 Å². The van der Waals surface area contributed by atoms with Crippen LogP contribution in [0.4, 0.5) is 0 Å². The van der Waals surface area contributed by atoms with Crippen LogP contribution in [0.2, 0.25) is 10.2 Å². The lowest BCUT2D eigenvalue weighted by atomic mass is 10.3. The van der Waals surface area contributed by atoms with Gasteiger partial charge in [0.15, 0.2) is 0 Å². The second kappa shape index (κ2) is 5.42. The van der Waals surface area contributed by atoms with Crippen LogP contribution in [-0.2, 0) is 0 Å². The minimum absolute atomic E-state index is 0.304. The number of halogens is 2. The molecule has 0 N–H and O–H groups in total. The van der Waals surface area contributed by atoms with Gasteiger partial charge in [-0.05, 0) is 24.3 Å². The van der Waals surface area contributed by atoms with Gasteiger partial charge < -0.3 is 0 Å². The van der Waals surface area contributed by atoms with Crippen LogP contribution in [0.25, 0.3) is 0 Å². The number of nitrogens with zero attached hydrogens (tertiary/aromatic N) is 2. The first-order chi connectivity index (χ1) is 8.19. The smallest absolute Gasteiger partial charge is 0.131 e. The number of nitriles is 1. The average Bonchev–Trinajstić information content (AvgIpc) is 2.31. The summed E-state index contributed by atoms with van der Waals surface area (Å²) in [4.78, 5) is 5.02. The van der Waals surface area contributed by atoms with Gasteiger partial charge in [-0.2, -0.15) is 5.26 Å². The van der Waals surface area contributed by atoms with E-state index in [0.717, 1.165) is 4.90 Å². The Balaban J connectivity index is 2.34. The summed E-state index contributed by atoms with van der Waals surface area (Å²) >= 11 is 13.2. The quantitative estimate of drug-likeness (QED) is 0.765. The van der Waals surface area contributed by atoms with Crippen molar-refractivity contribution in [2.75, 3.05) is 0 Å². The maximum absolute atomic E-state index is 8.84. The van der Waals surface area contributed by atoms with E-state index in [1.54, 1.807) is 12.1 Å². The van der Waals surface area contributed by atoms with Crippen LogP contribution in [0.5, 0.6) is 0 Å². The number of hydrogen-bond acceptors (Lipinski definition) is 3. The molecule has 0 saturated carbocycles. The normalized spacial score (nSPS) is 9.94. The number of benzene rings is 1. The molecule has 0 radical (unpaired) electrons. The zero-order chi connectivity index (χ0) is 12.3. The van der Waals surface area contributed by atoms with Gasteiger partial charge in [-0.25, -0.2) is 4.98 Å². The van der Waals surface area contributed by atoms with Crippen LogP contribution in [0, 0.1) is 11.3 Å². The Bertz CT molecular complexity index is 593. The summed E-state index contributed by atoms with van der Waals surface area (Å²) in [7, 11) is 0. The maximum Gasteiger partial charge on any atom is 0.131 e. The van der Waals surface area contributed by atoms with Gasteiger partial charge in [-0.3, -0.25) is 0 Å². The molecule has 1 aromatic heterocycles. The number of aromatic nitrogens is 1. The number of hydrogen-bond donors (Lipinski definition) is 0. The Kier molecular flexibility index (Phi) is 3.90. The third-order valence-corrected chi connectivity index (χ3v) is 3.58. The summed E-state index contributed by atoms with van der Waals surface area (Å²) in [6.07, 6.45) is 0. The summed E-state index contributed by atoms with van der Waals surface area (Å²) in [5, 5.41) is 10.4. The molecule has 2 rings (SSSR count). The van der Waals surface area contributed by atoms with Crippen molar-refractivity contribution < 1.29 is 0 Å². The van der Waals surface area contributed by atoms with Gasteiger partial charge in [0.25, 0.3) is 0 Å². The van der Waals surface area contributed by atoms with Crippen molar-refractivity contribution >= 4 is 35.0 Å². The standard InChI is InChI=1S/C12H6Cl2N2S/c13-9-3-1-2-4-10(9)17-12-6-8(7-15)5-11(14)16-12/h1-6H. The highest BCUT2D eigenvalue weighted by Gasteiger charge is 2.05. The van der Waals surface area contributed by atoms with Crippen LogP contribution < -0.4 is 0 Å². The monoisotopic (exact) mass is 280 g/mol. The molecule has 1 heterocycles. The van der Waals surface area contributed by atoms with Crippen LogP contribution in [0.15, 0.2) is 46.3 Å². The second-order valence-electron chi connectivity index (χ2n) is 3.16. The summed E-state index contributed by atoms with van der Waals surface area (Å²) < 4.78 is 0. The highest BCUT2D eigenvalue weighted by molar-refractivity contribution is 7.99. The molecule has 0 fully saturated rings. The Morgan fingerprint density at radius 1 is 1.18 bits per heavy atom. The van der Waals surface area contributed by atoms with Crippen LogP contribution in [-0.4, -0.2) is 4.98 Å². The molecule has 0 saturated heterocycles. The van der Waals surface area contributed by atoms with Crippen molar-refractivity contribution in [2.24, 2.45) is 0 Å². The highest BCUT2D eigenvalue weighted by atomic mass is 35.5. The lowest BCUT2D eigenvalue weighted by Crippen LogP contribution is -1.84. The zero-order valence-corrected chi connectivity index (χ0v) is 10.9. The van der Waals surface area contributed by atoms with Gasteiger partial charge >= 0.3 is 0 Å². The van der Waals surface area contributed by atoms with E-state index in [0.29, 0.717) is 20.8 Å². The first kappa shape index (κ1) is 12.3.